The Hall–Kier alpha value is -3.30. The third-order valence-electron chi connectivity index (χ3n) is 8.72. The summed E-state index contributed by atoms with van der Waals surface area (Å²) in [5.74, 6) is 2.45. The Balaban J connectivity index is 0.000000914. The second kappa shape index (κ2) is 37.7. The van der Waals surface area contributed by atoms with Crippen molar-refractivity contribution in [3.63, 3.8) is 0 Å². The maximum Gasteiger partial charge on any atom is 0.407 e. The quantitative estimate of drug-likeness (QED) is 0.0295. The Bertz CT molecular complexity index is 1780. The van der Waals surface area contributed by atoms with E-state index in [4.69, 9.17) is 15.2 Å². The fraction of sp³-hybridized carbons (Fsp3) is 0.558. The van der Waals surface area contributed by atoms with Crippen LogP contribution in [0, 0.1) is 0 Å². The summed E-state index contributed by atoms with van der Waals surface area (Å²) in [7, 11) is 0. The van der Waals surface area contributed by atoms with Gasteiger partial charge in [0.2, 0.25) is 0 Å². The molecule has 3 rings (SSSR count). The van der Waals surface area contributed by atoms with Crippen LogP contribution in [0.3, 0.4) is 0 Å². The van der Waals surface area contributed by atoms with Gasteiger partial charge in [0, 0.05) is 63.9 Å². The van der Waals surface area contributed by atoms with Crippen LogP contribution in [0.5, 0.6) is 0 Å². The summed E-state index contributed by atoms with van der Waals surface area (Å²) < 4.78 is 10.3. The average Bonchev–Trinajstić information content (AvgIpc) is 3.22. The highest BCUT2D eigenvalue weighted by atomic mass is 79.9. The number of Topliss-reactive ketones (excluding diaryl/α,β-unsaturated/α-hetero) is 3. The summed E-state index contributed by atoms with van der Waals surface area (Å²) in [4.78, 5) is 58.1. The van der Waals surface area contributed by atoms with E-state index in [0.29, 0.717) is 32.4 Å². The SMILES string of the molecule is CC(=O)CCBr.CC(=O)CCSc1ccc(CCCCN)cc1.CC(=O)CCSc1ccc(CCCCNC(=O)OC(C)(C)C)cc1.CC(C)(C)OC(=O)NCCCCc1ccc(S)cc1. The lowest BCUT2D eigenvalue weighted by Gasteiger charge is -2.19. The molecule has 4 N–H and O–H groups in total. The number of unbranched alkanes of at least 4 members (excludes halogenated alkanes) is 3. The topological polar surface area (TPSA) is 154 Å². The molecule has 0 unspecified atom stereocenters. The third kappa shape index (κ3) is 40.9. The van der Waals surface area contributed by atoms with Crippen molar-refractivity contribution in [2.45, 2.75) is 165 Å². The number of thioether (sulfide) groups is 2. The summed E-state index contributed by atoms with van der Waals surface area (Å²) in [5, 5.41) is 6.33. The lowest BCUT2D eigenvalue weighted by Crippen LogP contribution is -2.33. The molecule has 0 heterocycles. The molecule has 0 aliphatic heterocycles. The fourth-order valence-corrected chi connectivity index (χ4v) is 7.93. The molecule has 2 amide bonds. The first-order chi connectivity index (χ1) is 31.1. The van der Waals surface area contributed by atoms with E-state index in [9.17, 15) is 24.0 Å². The lowest BCUT2D eigenvalue weighted by atomic mass is 10.1. The number of rotatable bonds is 24. The van der Waals surface area contributed by atoms with Gasteiger partial charge in [-0.15, -0.1) is 36.2 Å². The number of alkyl halides is 1. The van der Waals surface area contributed by atoms with Crippen LogP contribution in [-0.2, 0) is 43.1 Å². The average molecular weight is 1040 g/mol. The molecule has 3 aromatic rings. The van der Waals surface area contributed by atoms with E-state index in [0.717, 1.165) is 86.1 Å². The summed E-state index contributed by atoms with van der Waals surface area (Å²) >= 11 is 10.8. The molecule has 0 aliphatic carbocycles. The minimum Gasteiger partial charge on any atom is -0.444 e. The molecule has 0 aromatic heterocycles. The largest absolute Gasteiger partial charge is 0.444 e. The number of carbonyl (C=O) groups is 5. The molecule has 0 saturated carbocycles. The monoisotopic (exact) mass is 1030 g/mol. The Labute approximate surface area is 420 Å². The minimum atomic E-state index is -0.450. The van der Waals surface area contributed by atoms with Crippen molar-refractivity contribution < 1.29 is 33.4 Å². The van der Waals surface area contributed by atoms with Crippen LogP contribution < -0.4 is 16.4 Å². The van der Waals surface area contributed by atoms with Gasteiger partial charge in [-0.25, -0.2) is 9.59 Å². The molecule has 3 aromatic carbocycles. The molecule has 0 saturated heterocycles. The molecule has 0 aliphatic rings. The first-order valence-electron chi connectivity index (χ1n) is 23.0. The van der Waals surface area contributed by atoms with Crippen molar-refractivity contribution in [1.82, 2.24) is 10.6 Å². The number of thiol groups is 1. The lowest BCUT2D eigenvalue weighted by molar-refractivity contribution is -0.117. The van der Waals surface area contributed by atoms with Gasteiger partial charge < -0.3 is 25.8 Å². The van der Waals surface area contributed by atoms with Gasteiger partial charge in [0.15, 0.2) is 0 Å². The van der Waals surface area contributed by atoms with Crippen molar-refractivity contribution in [3.05, 3.63) is 89.5 Å². The normalized spacial score (nSPS) is 10.7. The maximum absolute atomic E-state index is 11.5. The van der Waals surface area contributed by atoms with Crippen LogP contribution in [-0.4, -0.2) is 77.2 Å². The summed E-state index contributed by atoms with van der Waals surface area (Å²) in [5.41, 5.74) is 8.55. The number of aryl methyl sites for hydroxylation is 3. The molecule has 0 fully saturated rings. The van der Waals surface area contributed by atoms with Gasteiger partial charge in [-0.2, -0.15) is 0 Å². The van der Waals surface area contributed by atoms with Gasteiger partial charge in [-0.1, -0.05) is 52.3 Å². The summed E-state index contributed by atoms with van der Waals surface area (Å²) in [6, 6.07) is 25.3. The maximum atomic E-state index is 11.5. The van der Waals surface area contributed by atoms with E-state index in [1.165, 1.54) is 26.5 Å². The highest BCUT2D eigenvalue weighted by Crippen LogP contribution is 2.21. The fourth-order valence-electron chi connectivity index (χ4n) is 5.32. The third-order valence-corrected chi connectivity index (χ3v) is 11.4. The molecule has 0 atom stereocenters. The van der Waals surface area contributed by atoms with E-state index < -0.39 is 11.2 Å². The number of hydrogen-bond donors (Lipinski definition) is 4. The Morgan fingerprint density at radius 3 is 1.17 bits per heavy atom. The van der Waals surface area contributed by atoms with Crippen molar-refractivity contribution in [1.29, 1.82) is 0 Å². The van der Waals surface area contributed by atoms with E-state index in [-0.39, 0.29) is 29.5 Å². The standard InChI is InChI=1S/C19H29NO3S.C15H23NO2S.C14H21NOS.C4H7BrO/c1-15(21)12-14-24-17-10-8-16(9-11-17)7-5-6-13-20-18(22)23-19(2,3)4;1-15(2,3)18-14(17)16-11-5-4-6-12-7-9-13(19)10-8-12;1-12(16)9-11-17-14-7-5-13(6-8-14)4-2-3-10-15;1-4(6)2-3-5/h8-11H,5-7,12-14H2,1-4H3,(H,20,22);7-10,19H,4-6,11H2,1-3H3,(H,16,17);5-8H,2-4,9-11,15H2,1H3;2-3H2,1H3. The van der Waals surface area contributed by atoms with Crippen LogP contribution in [0.25, 0.3) is 0 Å². The number of hydrogen-bond acceptors (Lipinski definition) is 11. The predicted molar refractivity (Wildman–Crippen MR) is 284 cm³/mol. The first-order valence-corrected chi connectivity index (χ1v) is 26.6. The van der Waals surface area contributed by atoms with Crippen molar-refractivity contribution >= 4 is 81.6 Å². The second-order valence-electron chi connectivity index (χ2n) is 17.7. The van der Waals surface area contributed by atoms with Crippen molar-refractivity contribution in [2.24, 2.45) is 5.73 Å². The number of nitrogens with one attached hydrogen (secondary N) is 2. The molecule has 0 bridgehead atoms. The number of ketones is 3. The van der Waals surface area contributed by atoms with Crippen molar-refractivity contribution in [2.75, 3.05) is 36.5 Å². The minimum absolute atomic E-state index is 0.235. The number of alkyl carbamates (subject to hydrolysis) is 2. The van der Waals surface area contributed by atoms with E-state index in [1.807, 2.05) is 53.7 Å². The van der Waals surface area contributed by atoms with E-state index in [2.05, 4.69) is 99.9 Å². The Morgan fingerprint density at radius 1 is 0.545 bits per heavy atom. The van der Waals surface area contributed by atoms with Crippen LogP contribution in [0.15, 0.2) is 87.5 Å². The zero-order chi connectivity index (χ0) is 49.8. The van der Waals surface area contributed by atoms with Crippen LogP contribution >= 0.6 is 52.1 Å². The molecular formula is C52H80BrN3O7S3. The molecule has 10 nitrogen and oxygen atoms in total. The number of amides is 2. The molecule has 0 radical (unpaired) electrons. The van der Waals surface area contributed by atoms with Gasteiger partial charge in [-0.3, -0.25) is 14.4 Å². The number of nitrogens with two attached hydrogens (primary N) is 1. The van der Waals surface area contributed by atoms with E-state index >= 15 is 0 Å². The summed E-state index contributed by atoms with van der Waals surface area (Å²) in [6.07, 6.45) is 10.5. The van der Waals surface area contributed by atoms with Crippen LogP contribution in [0.1, 0.15) is 137 Å². The van der Waals surface area contributed by atoms with E-state index in [1.54, 1.807) is 44.3 Å². The number of halogens is 1. The molecule has 14 heteroatoms. The van der Waals surface area contributed by atoms with Gasteiger partial charge in [0.1, 0.15) is 28.6 Å². The van der Waals surface area contributed by atoms with Gasteiger partial charge >= 0.3 is 12.2 Å². The zero-order valence-corrected chi connectivity index (χ0v) is 45.3. The first kappa shape index (κ1) is 62.7. The zero-order valence-electron chi connectivity index (χ0n) is 41.2. The number of carbonyl (C=O) groups excluding carboxylic acids is 5. The van der Waals surface area contributed by atoms with Crippen LogP contribution in [0.2, 0.25) is 0 Å². The molecule has 0 spiro atoms. The highest BCUT2D eigenvalue weighted by molar-refractivity contribution is 9.09. The van der Waals surface area contributed by atoms with Crippen LogP contribution in [0.4, 0.5) is 9.59 Å². The van der Waals surface area contributed by atoms with Gasteiger partial charge in [0.05, 0.1) is 0 Å². The van der Waals surface area contributed by atoms with Crippen molar-refractivity contribution in [3.8, 4) is 0 Å². The smallest absolute Gasteiger partial charge is 0.407 e. The van der Waals surface area contributed by atoms with Gasteiger partial charge in [-0.05, 0) is 180 Å². The molecule has 66 heavy (non-hydrogen) atoms. The number of benzene rings is 3. The Kier molecular flexibility index (Phi) is 35.8. The molecule has 370 valence electrons. The predicted octanol–water partition coefficient (Wildman–Crippen LogP) is 12.8. The number of ether oxygens (including phenoxy) is 2. The summed E-state index contributed by atoms with van der Waals surface area (Å²) in [6.45, 7) is 18.1. The highest BCUT2D eigenvalue weighted by Gasteiger charge is 2.16. The van der Waals surface area contributed by atoms with Gasteiger partial charge in [0.25, 0.3) is 0 Å². The second-order valence-corrected chi connectivity index (χ2v) is 21.4. The Morgan fingerprint density at radius 2 is 0.879 bits per heavy atom. The molecular weight excluding hydrogens is 955 g/mol.